The third kappa shape index (κ3) is 3.55. The first-order chi connectivity index (χ1) is 16.0. The SMILES string of the molecule is COc1cc([C@@H]2Oc3ccccc3[C@H]3CC(c4ccc(C)c(C)c4)=NN32)cc(OC)c1OC. The van der Waals surface area contributed by atoms with Crippen molar-refractivity contribution in [3.05, 3.63) is 82.4 Å². The molecule has 0 N–H and O–H groups in total. The quantitative estimate of drug-likeness (QED) is 0.515. The van der Waals surface area contributed by atoms with Crippen LogP contribution in [0.1, 0.15) is 46.5 Å². The summed E-state index contributed by atoms with van der Waals surface area (Å²) in [5, 5.41) is 7.14. The molecule has 0 saturated carbocycles. The van der Waals surface area contributed by atoms with Gasteiger partial charge < -0.3 is 18.9 Å². The number of para-hydroxylation sites is 1. The Labute approximate surface area is 194 Å². The van der Waals surface area contributed by atoms with Gasteiger partial charge in [0.25, 0.3) is 0 Å². The van der Waals surface area contributed by atoms with Crippen molar-refractivity contribution >= 4 is 5.71 Å². The van der Waals surface area contributed by atoms with Gasteiger partial charge in [-0.05, 0) is 54.8 Å². The number of rotatable bonds is 5. The summed E-state index contributed by atoms with van der Waals surface area (Å²) in [7, 11) is 4.84. The molecule has 0 bridgehead atoms. The minimum atomic E-state index is -0.428. The third-order valence-corrected chi connectivity index (χ3v) is 6.51. The molecule has 0 saturated heterocycles. The van der Waals surface area contributed by atoms with E-state index in [0.717, 1.165) is 34.6 Å². The molecule has 2 aliphatic heterocycles. The number of hydrogen-bond acceptors (Lipinski definition) is 6. The van der Waals surface area contributed by atoms with Crippen molar-refractivity contribution in [2.24, 2.45) is 5.10 Å². The Kier molecular flexibility index (Phi) is 5.36. The second-order valence-corrected chi connectivity index (χ2v) is 8.41. The highest BCUT2D eigenvalue weighted by Gasteiger charge is 2.41. The maximum Gasteiger partial charge on any atom is 0.214 e. The molecule has 0 unspecified atom stereocenters. The van der Waals surface area contributed by atoms with Crippen LogP contribution in [0.5, 0.6) is 23.0 Å². The first-order valence-electron chi connectivity index (χ1n) is 11.0. The summed E-state index contributed by atoms with van der Waals surface area (Å²) in [5.74, 6) is 2.60. The molecule has 6 heteroatoms. The average Bonchev–Trinajstić information content (AvgIpc) is 3.30. The lowest BCUT2D eigenvalue weighted by Gasteiger charge is -2.38. The van der Waals surface area contributed by atoms with E-state index < -0.39 is 6.23 Å². The summed E-state index contributed by atoms with van der Waals surface area (Å²) in [6.45, 7) is 4.27. The molecule has 2 atom stereocenters. The maximum absolute atomic E-state index is 6.50. The van der Waals surface area contributed by atoms with Crippen LogP contribution in [0, 0.1) is 13.8 Å². The van der Waals surface area contributed by atoms with Crippen LogP contribution in [0.15, 0.2) is 59.7 Å². The van der Waals surface area contributed by atoms with E-state index in [0.29, 0.717) is 17.2 Å². The van der Waals surface area contributed by atoms with Crippen molar-refractivity contribution in [2.75, 3.05) is 21.3 Å². The number of aryl methyl sites for hydroxylation is 2. The molecular formula is C27H28N2O4. The van der Waals surface area contributed by atoms with Crippen molar-refractivity contribution in [1.29, 1.82) is 0 Å². The van der Waals surface area contributed by atoms with Crippen LogP contribution in [0.25, 0.3) is 0 Å². The van der Waals surface area contributed by atoms with Crippen molar-refractivity contribution in [1.82, 2.24) is 5.01 Å². The summed E-state index contributed by atoms with van der Waals surface area (Å²) >= 11 is 0. The molecule has 0 amide bonds. The number of hydrazone groups is 1. The van der Waals surface area contributed by atoms with Crippen LogP contribution in [-0.4, -0.2) is 32.0 Å². The molecule has 0 aliphatic carbocycles. The van der Waals surface area contributed by atoms with Gasteiger partial charge in [-0.3, -0.25) is 0 Å². The van der Waals surface area contributed by atoms with Crippen molar-refractivity contribution in [3.63, 3.8) is 0 Å². The number of benzene rings is 3. The molecule has 0 aromatic heterocycles. The summed E-state index contributed by atoms with van der Waals surface area (Å²) in [5.41, 5.74) is 6.77. The zero-order valence-corrected chi connectivity index (χ0v) is 19.6. The fourth-order valence-electron chi connectivity index (χ4n) is 4.59. The molecule has 3 aromatic carbocycles. The first kappa shape index (κ1) is 21.2. The van der Waals surface area contributed by atoms with E-state index >= 15 is 0 Å². The van der Waals surface area contributed by atoms with E-state index in [1.165, 1.54) is 11.1 Å². The normalized spacial score (nSPS) is 18.7. The fourth-order valence-corrected chi connectivity index (χ4v) is 4.59. The van der Waals surface area contributed by atoms with E-state index in [-0.39, 0.29) is 6.04 Å². The molecule has 6 nitrogen and oxygen atoms in total. The summed E-state index contributed by atoms with van der Waals surface area (Å²) < 4.78 is 23.2. The Balaban J connectivity index is 1.62. The van der Waals surface area contributed by atoms with Gasteiger partial charge >= 0.3 is 0 Å². The molecule has 33 heavy (non-hydrogen) atoms. The molecule has 2 aliphatic rings. The second-order valence-electron chi connectivity index (χ2n) is 8.41. The highest BCUT2D eigenvalue weighted by atomic mass is 16.5. The summed E-state index contributed by atoms with van der Waals surface area (Å²) in [6.07, 6.45) is 0.381. The first-order valence-corrected chi connectivity index (χ1v) is 11.0. The van der Waals surface area contributed by atoms with Crippen LogP contribution < -0.4 is 18.9 Å². The zero-order valence-electron chi connectivity index (χ0n) is 19.6. The van der Waals surface area contributed by atoms with E-state index in [1.54, 1.807) is 21.3 Å². The predicted molar refractivity (Wildman–Crippen MR) is 128 cm³/mol. The van der Waals surface area contributed by atoms with Gasteiger partial charge in [0.05, 0.1) is 33.1 Å². The van der Waals surface area contributed by atoms with Crippen molar-refractivity contribution in [3.8, 4) is 23.0 Å². The van der Waals surface area contributed by atoms with E-state index in [2.05, 4.69) is 43.1 Å². The Morgan fingerprint density at radius 1 is 0.879 bits per heavy atom. The van der Waals surface area contributed by atoms with Gasteiger partial charge in [-0.25, -0.2) is 5.01 Å². The van der Waals surface area contributed by atoms with Crippen LogP contribution >= 0.6 is 0 Å². The number of ether oxygens (including phenoxy) is 4. The zero-order chi connectivity index (χ0) is 23.1. The third-order valence-electron chi connectivity index (χ3n) is 6.51. The van der Waals surface area contributed by atoms with Crippen molar-refractivity contribution < 1.29 is 18.9 Å². The topological polar surface area (TPSA) is 52.5 Å². The van der Waals surface area contributed by atoms with Gasteiger partial charge in [-0.15, -0.1) is 0 Å². The average molecular weight is 445 g/mol. The molecule has 0 spiro atoms. The number of hydrogen-bond donors (Lipinski definition) is 0. The maximum atomic E-state index is 6.50. The predicted octanol–water partition coefficient (Wildman–Crippen LogP) is 5.57. The monoisotopic (exact) mass is 444 g/mol. The standard InChI is InChI=1S/C27H28N2O4/c1-16-10-11-18(12-17(16)2)21-15-22-20-8-6-7-9-23(20)33-27(29(22)28-21)19-13-24(30-3)26(32-5)25(14-19)31-4/h6-14,22,27H,15H2,1-5H3/t22-,27+/m1/s1. The van der Waals surface area contributed by atoms with Crippen LogP contribution in [-0.2, 0) is 0 Å². The largest absolute Gasteiger partial charge is 0.493 e. The molecule has 3 aromatic rings. The highest BCUT2D eigenvalue weighted by molar-refractivity contribution is 6.02. The minimum absolute atomic E-state index is 0.0793. The van der Waals surface area contributed by atoms with Gasteiger partial charge in [0.2, 0.25) is 12.0 Å². The molecule has 2 heterocycles. The highest BCUT2D eigenvalue weighted by Crippen LogP contribution is 2.49. The van der Waals surface area contributed by atoms with Gasteiger partial charge in [0.1, 0.15) is 5.75 Å². The Bertz CT molecular complexity index is 1210. The minimum Gasteiger partial charge on any atom is -0.493 e. The lowest BCUT2D eigenvalue weighted by molar-refractivity contribution is -0.0192. The number of nitrogens with zero attached hydrogens (tertiary/aromatic N) is 2. The van der Waals surface area contributed by atoms with E-state index in [9.17, 15) is 0 Å². The van der Waals surface area contributed by atoms with E-state index in [4.69, 9.17) is 24.0 Å². The molecule has 0 radical (unpaired) electrons. The summed E-state index contributed by atoms with van der Waals surface area (Å²) in [6, 6.07) is 18.7. The number of fused-ring (bicyclic) bond motifs is 3. The van der Waals surface area contributed by atoms with Gasteiger partial charge in [-0.1, -0.05) is 30.3 Å². The lowest BCUT2D eigenvalue weighted by atomic mass is 9.94. The molecular weight excluding hydrogens is 416 g/mol. The van der Waals surface area contributed by atoms with Crippen LogP contribution in [0.4, 0.5) is 0 Å². The Morgan fingerprint density at radius 2 is 1.61 bits per heavy atom. The van der Waals surface area contributed by atoms with Gasteiger partial charge in [0.15, 0.2) is 11.5 Å². The second kappa shape index (κ2) is 8.35. The fraction of sp³-hybridized carbons (Fsp3) is 0.296. The Morgan fingerprint density at radius 3 is 2.27 bits per heavy atom. The van der Waals surface area contributed by atoms with Crippen LogP contribution in [0.3, 0.4) is 0 Å². The Hall–Kier alpha value is -3.67. The smallest absolute Gasteiger partial charge is 0.214 e. The number of methoxy groups -OCH3 is 3. The van der Waals surface area contributed by atoms with Gasteiger partial charge in [-0.2, -0.15) is 5.10 Å². The van der Waals surface area contributed by atoms with Crippen LogP contribution in [0.2, 0.25) is 0 Å². The summed E-state index contributed by atoms with van der Waals surface area (Å²) in [4.78, 5) is 0. The van der Waals surface area contributed by atoms with Gasteiger partial charge in [0, 0.05) is 17.5 Å². The molecule has 170 valence electrons. The lowest BCUT2D eigenvalue weighted by Crippen LogP contribution is -2.33. The molecule has 0 fully saturated rings. The molecule has 5 rings (SSSR count). The van der Waals surface area contributed by atoms with Crippen molar-refractivity contribution in [2.45, 2.75) is 32.5 Å². The van der Waals surface area contributed by atoms with E-state index in [1.807, 2.05) is 30.3 Å².